The number of ether oxygens (including phenoxy) is 1. The molecule has 21 heavy (non-hydrogen) atoms. The van der Waals surface area contributed by atoms with Gasteiger partial charge in [0.05, 0.1) is 19.1 Å². The molecule has 0 aromatic heterocycles. The third-order valence-electron chi connectivity index (χ3n) is 2.82. The van der Waals surface area contributed by atoms with Crippen LogP contribution in [0.4, 0.5) is 5.69 Å². The summed E-state index contributed by atoms with van der Waals surface area (Å²) in [6.07, 6.45) is 1.03. The first-order chi connectivity index (χ1) is 9.72. The molecule has 118 valence electrons. The molecule has 8 heteroatoms. The van der Waals surface area contributed by atoms with Crippen molar-refractivity contribution >= 4 is 33.2 Å². The summed E-state index contributed by atoms with van der Waals surface area (Å²) >= 11 is 5.94. The van der Waals surface area contributed by atoms with E-state index in [0.717, 1.165) is 10.6 Å². The second-order valence-electron chi connectivity index (χ2n) is 4.45. The van der Waals surface area contributed by atoms with Gasteiger partial charge in [-0.25, -0.2) is 8.42 Å². The Labute approximate surface area is 130 Å². The van der Waals surface area contributed by atoms with Crippen molar-refractivity contribution in [1.29, 1.82) is 0 Å². The maximum atomic E-state index is 12.1. The fourth-order valence-electron chi connectivity index (χ4n) is 1.94. The normalized spacial score (nSPS) is 12.6. The fourth-order valence-corrected chi connectivity index (χ4v) is 3.27. The summed E-state index contributed by atoms with van der Waals surface area (Å²) in [6, 6.07) is 3.67. The lowest BCUT2D eigenvalue weighted by molar-refractivity contribution is -0.121. The number of carbonyl (C=O) groups excluding carboxylic acids is 1. The summed E-state index contributed by atoms with van der Waals surface area (Å²) in [5, 5.41) is 2.95. The molecule has 0 aliphatic heterocycles. The number of carbonyl (C=O) groups is 1. The Morgan fingerprint density at radius 3 is 2.57 bits per heavy atom. The van der Waals surface area contributed by atoms with Crippen LogP contribution in [0.15, 0.2) is 18.2 Å². The van der Waals surface area contributed by atoms with Gasteiger partial charge in [0.15, 0.2) is 0 Å². The molecule has 0 aliphatic carbocycles. The van der Waals surface area contributed by atoms with E-state index >= 15 is 0 Å². The molecule has 1 aromatic carbocycles. The van der Waals surface area contributed by atoms with Crippen LogP contribution in [-0.4, -0.2) is 40.3 Å². The molecule has 0 unspecified atom stereocenters. The largest absolute Gasteiger partial charge is 0.495 e. The molecule has 0 bridgehead atoms. The minimum absolute atomic E-state index is 0.228. The van der Waals surface area contributed by atoms with Gasteiger partial charge in [-0.2, -0.15) is 0 Å². The van der Waals surface area contributed by atoms with E-state index < -0.39 is 22.0 Å². The predicted molar refractivity (Wildman–Crippen MR) is 83.5 cm³/mol. The Hall–Kier alpha value is -1.47. The first-order valence-electron chi connectivity index (χ1n) is 6.33. The standard InChI is InChI=1S/C13H19ClN2O4S/c1-5-15-13(17)9(2)16(21(4,18)19)11-8-10(14)6-7-12(11)20-3/h6-9H,5H2,1-4H3,(H,15,17)/t9-/m1/s1. The van der Waals surface area contributed by atoms with Crippen LogP contribution in [0.1, 0.15) is 13.8 Å². The molecule has 1 atom stereocenters. The highest BCUT2D eigenvalue weighted by molar-refractivity contribution is 7.92. The maximum Gasteiger partial charge on any atom is 0.243 e. The molecular formula is C13H19ClN2O4S. The molecule has 0 fully saturated rings. The lowest BCUT2D eigenvalue weighted by Gasteiger charge is -2.29. The Morgan fingerprint density at radius 2 is 2.10 bits per heavy atom. The van der Waals surface area contributed by atoms with Crippen molar-refractivity contribution in [1.82, 2.24) is 5.32 Å². The number of nitrogens with zero attached hydrogens (tertiary/aromatic N) is 1. The van der Waals surface area contributed by atoms with Gasteiger partial charge < -0.3 is 10.1 Å². The van der Waals surface area contributed by atoms with Crippen LogP contribution in [0.2, 0.25) is 5.02 Å². The van der Waals surface area contributed by atoms with Crippen molar-refractivity contribution in [3.05, 3.63) is 23.2 Å². The smallest absolute Gasteiger partial charge is 0.243 e. The number of rotatable bonds is 6. The molecule has 1 N–H and O–H groups in total. The van der Waals surface area contributed by atoms with Gasteiger partial charge in [0.2, 0.25) is 15.9 Å². The van der Waals surface area contributed by atoms with E-state index in [4.69, 9.17) is 16.3 Å². The first kappa shape index (κ1) is 17.6. The SMILES string of the molecule is CCNC(=O)[C@@H](C)N(c1cc(Cl)ccc1OC)S(C)(=O)=O. The molecule has 1 rings (SSSR count). The van der Waals surface area contributed by atoms with Crippen molar-refractivity contribution in [3.8, 4) is 5.75 Å². The van der Waals surface area contributed by atoms with Gasteiger partial charge in [-0.1, -0.05) is 11.6 Å². The highest BCUT2D eigenvalue weighted by Gasteiger charge is 2.31. The van der Waals surface area contributed by atoms with E-state index in [1.54, 1.807) is 19.1 Å². The molecule has 0 heterocycles. The number of anilines is 1. The molecule has 0 saturated carbocycles. The van der Waals surface area contributed by atoms with Crippen LogP contribution < -0.4 is 14.4 Å². The Kier molecular flexibility index (Phi) is 5.86. The predicted octanol–water partition coefficient (Wildman–Crippen LogP) is 1.64. The molecule has 6 nitrogen and oxygen atoms in total. The van der Waals surface area contributed by atoms with Crippen LogP contribution in [0.5, 0.6) is 5.75 Å². The first-order valence-corrected chi connectivity index (χ1v) is 8.55. The lowest BCUT2D eigenvalue weighted by atomic mass is 10.2. The van der Waals surface area contributed by atoms with Gasteiger partial charge in [-0.15, -0.1) is 0 Å². The monoisotopic (exact) mass is 334 g/mol. The summed E-state index contributed by atoms with van der Waals surface area (Å²) in [6.45, 7) is 3.68. The number of nitrogens with one attached hydrogen (secondary N) is 1. The number of hydrogen-bond donors (Lipinski definition) is 1. The van der Waals surface area contributed by atoms with Crippen LogP contribution >= 0.6 is 11.6 Å². The number of methoxy groups -OCH3 is 1. The van der Waals surface area contributed by atoms with Gasteiger partial charge in [0.25, 0.3) is 0 Å². The van der Waals surface area contributed by atoms with Crippen LogP contribution in [-0.2, 0) is 14.8 Å². The van der Waals surface area contributed by atoms with E-state index in [9.17, 15) is 13.2 Å². The molecule has 0 radical (unpaired) electrons. The quantitative estimate of drug-likeness (QED) is 0.858. The van der Waals surface area contributed by atoms with E-state index in [2.05, 4.69) is 5.32 Å². The summed E-state index contributed by atoms with van der Waals surface area (Å²) in [7, 11) is -2.28. The summed E-state index contributed by atoms with van der Waals surface area (Å²) < 4.78 is 30.4. The lowest BCUT2D eigenvalue weighted by Crippen LogP contribution is -2.48. The molecule has 1 aromatic rings. The zero-order valence-corrected chi connectivity index (χ0v) is 14.0. The van der Waals surface area contributed by atoms with Gasteiger partial charge in [0.1, 0.15) is 11.8 Å². The Bertz CT molecular complexity index is 619. The highest BCUT2D eigenvalue weighted by Crippen LogP contribution is 2.34. The number of likely N-dealkylation sites (N-methyl/N-ethyl adjacent to an activating group) is 1. The Balaban J connectivity index is 3.40. The summed E-state index contributed by atoms with van der Waals surface area (Å²) in [5.74, 6) is -0.0778. The van der Waals surface area contributed by atoms with Crippen LogP contribution in [0.25, 0.3) is 0 Å². The minimum atomic E-state index is -3.70. The number of hydrogen-bond acceptors (Lipinski definition) is 4. The van der Waals surface area contributed by atoms with Gasteiger partial charge in [-0.3, -0.25) is 9.10 Å². The summed E-state index contributed by atoms with van der Waals surface area (Å²) in [5.41, 5.74) is 0.228. The second-order valence-corrected chi connectivity index (χ2v) is 6.74. The maximum absolute atomic E-state index is 12.1. The van der Waals surface area contributed by atoms with E-state index in [1.165, 1.54) is 20.1 Å². The number of amides is 1. The minimum Gasteiger partial charge on any atom is -0.495 e. The molecule has 1 amide bonds. The zero-order valence-electron chi connectivity index (χ0n) is 12.4. The average Bonchev–Trinajstić information content (AvgIpc) is 2.37. The summed E-state index contributed by atoms with van der Waals surface area (Å²) in [4.78, 5) is 12.0. The molecular weight excluding hydrogens is 316 g/mol. The van der Waals surface area contributed by atoms with Crippen molar-refractivity contribution in [2.45, 2.75) is 19.9 Å². The second kappa shape index (κ2) is 7.00. The molecule has 0 aliphatic rings. The number of halogens is 1. The zero-order chi connectivity index (χ0) is 16.2. The van der Waals surface area contributed by atoms with Crippen molar-refractivity contribution < 1.29 is 17.9 Å². The number of benzene rings is 1. The topological polar surface area (TPSA) is 75.7 Å². The average molecular weight is 335 g/mol. The van der Waals surface area contributed by atoms with Crippen LogP contribution in [0.3, 0.4) is 0 Å². The fraction of sp³-hybridized carbons (Fsp3) is 0.462. The van der Waals surface area contributed by atoms with Gasteiger partial charge in [0, 0.05) is 11.6 Å². The molecule has 0 saturated heterocycles. The van der Waals surface area contributed by atoms with Gasteiger partial charge >= 0.3 is 0 Å². The van der Waals surface area contributed by atoms with E-state index in [0.29, 0.717) is 17.3 Å². The Morgan fingerprint density at radius 1 is 1.48 bits per heavy atom. The van der Waals surface area contributed by atoms with Crippen LogP contribution in [0, 0.1) is 0 Å². The molecule has 0 spiro atoms. The van der Waals surface area contributed by atoms with Crippen molar-refractivity contribution in [2.24, 2.45) is 0 Å². The van der Waals surface area contributed by atoms with Crippen molar-refractivity contribution in [3.63, 3.8) is 0 Å². The third-order valence-corrected chi connectivity index (χ3v) is 4.28. The van der Waals surface area contributed by atoms with E-state index in [1.807, 2.05) is 0 Å². The van der Waals surface area contributed by atoms with Crippen molar-refractivity contribution in [2.75, 3.05) is 24.2 Å². The van der Waals surface area contributed by atoms with E-state index in [-0.39, 0.29) is 5.69 Å². The highest BCUT2D eigenvalue weighted by atomic mass is 35.5. The third kappa shape index (κ3) is 4.25. The van der Waals surface area contributed by atoms with Gasteiger partial charge in [-0.05, 0) is 32.0 Å². The number of sulfonamides is 1.